The Kier molecular flexibility index (Phi) is 7.49. The Bertz CT molecular complexity index is 407. The Morgan fingerprint density at radius 2 is 1.59 bits per heavy atom. The van der Waals surface area contributed by atoms with Crippen LogP contribution in [-0.2, 0) is 11.3 Å². The smallest absolute Gasteiger partial charge is 0.0726 e. The van der Waals surface area contributed by atoms with E-state index in [1.807, 2.05) is 51.0 Å². The third-order valence-corrected chi connectivity index (χ3v) is 4.43. The second-order valence-electron chi connectivity index (χ2n) is 6.42. The minimum absolute atomic E-state index is 0.00870. The van der Waals surface area contributed by atoms with Gasteiger partial charge in [0.05, 0.1) is 30.9 Å². The Labute approximate surface area is 134 Å². The van der Waals surface area contributed by atoms with E-state index < -0.39 is 11.1 Å². The van der Waals surface area contributed by atoms with Gasteiger partial charge in [0, 0.05) is 0 Å². The van der Waals surface area contributed by atoms with Gasteiger partial charge >= 0.3 is 0 Å². The summed E-state index contributed by atoms with van der Waals surface area (Å²) in [6.45, 7) is 8.46. The molecular weight excluding hydrogens is 278 g/mol. The second kappa shape index (κ2) is 8.63. The molecule has 1 aromatic rings. The Morgan fingerprint density at radius 1 is 1.00 bits per heavy atom. The molecule has 0 aromatic heterocycles. The second-order valence-corrected chi connectivity index (χ2v) is 6.42. The molecule has 0 unspecified atom stereocenters. The van der Waals surface area contributed by atoms with Gasteiger partial charge in [-0.05, 0) is 38.7 Å². The fourth-order valence-electron chi connectivity index (χ4n) is 2.74. The molecule has 0 amide bonds. The number of hydrogen-bond donors (Lipinski definition) is 2. The summed E-state index contributed by atoms with van der Waals surface area (Å²) in [6.07, 6.45) is 2.32. The lowest BCUT2D eigenvalue weighted by atomic mass is 9.89. The third-order valence-electron chi connectivity index (χ3n) is 4.43. The molecule has 0 aliphatic heterocycles. The van der Waals surface area contributed by atoms with Crippen molar-refractivity contribution in [3.8, 4) is 0 Å². The first-order valence-corrected chi connectivity index (χ1v) is 8.14. The Morgan fingerprint density at radius 3 is 2.05 bits per heavy atom. The quantitative estimate of drug-likeness (QED) is 0.653. The van der Waals surface area contributed by atoms with E-state index in [4.69, 9.17) is 4.84 Å². The maximum atomic E-state index is 9.92. The highest BCUT2D eigenvalue weighted by atomic mass is 16.7. The molecule has 0 spiro atoms. The SMILES string of the molecule is CCC(CC)(CO)N(OCCc1ccccc1)C(C)(C)CO. The molecule has 0 atom stereocenters. The zero-order valence-electron chi connectivity index (χ0n) is 14.4. The van der Waals surface area contributed by atoms with Crippen LogP contribution in [0.5, 0.6) is 0 Å². The molecule has 22 heavy (non-hydrogen) atoms. The van der Waals surface area contributed by atoms with E-state index in [0.717, 1.165) is 19.3 Å². The molecule has 0 saturated carbocycles. The van der Waals surface area contributed by atoms with Gasteiger partial charge in [-0.15, -0.1) is 0 Å². The lowest BCUT2D eigenvalue weighted by Gasteiger charge is -2.48. The van der Waals surface area contributed by atoms with Crippen LogP contribution in [0.4, 0.5) is 0 Å². The largest absolute Gasteiger partial charge is 0.394 e. The summed E-state index contributed by atoms with van der Waals surface area (Å²) in [5.74, 6) is 0. The highest BCUT2D eigenvalue weighted by Gasteiger charge is 2.42. The van der Waals surface area contributed by atoms with Gasteiger partial charge in [-0.1, -0.05) is 44.2 Å². The van der Waals surface area contributed by atoms with Crippen molar-refractivity contribution in [3.05, 3.63) is 35.9 Å². The number of aliphatic hydroxyl groups is 2. The van der Waals surface area contributed by atoms with Gasteiger partial charge in [0.2, 0.25) is 0 Å². The topological polar surface area (TPSA) is 52.9 Å². The molecule has 0 fully saturated rings. The predicted molar refractivity (Wildman–Crippen MR) is 89.5 cm³/mol. The van der Waals surface area contributed by atoms with Crippen LogP contribution in [0, 0.1) is 0 Å². The van der Waals surface area contributed by atoms with Crippen molar-refractivity contribution < 1.29 is 15.1 Å². The summed E-state index contributed by atoms with van der Waals surface area (Å²) in [5, 5.41) is 21.5. The summed E-state index contributed by atoms with van der Waals surface area (Å²) in [4.78, 5) is 6.05. The van der Waals surface area contributed by atoms with Crippen LogP contribution in [0.25, 0.3) is 0 Å². The summed E-state index contributed by atoms with van der Waals surface area (Å²) in [5.41, 5.74) is 0.195. The molecular formula is C18H31NO3. The maximum absolute atomic E-state index is 9.92. The van der Waals surface area contributed by atoms with Crippen molar-refractivity contribution >= 4 is 0 Å². The number of nitrogens with zero attached hydrogens (tertiary/aromatic N) is 1. The van der Waals surface area contributed by atoms with Crippen LogP contribution in [0.1, 0.15) is 46.1 Å². The Balaban J connectivity index is 2.83. The van der Waals surface area contributed by atoms with Gasteiger partial charge < -0.3 is 10.2 Å². The van der Waals surface area contributed by atoms with Crippen LogP contribution in [0.3, 0.4) is 0 Å². The molecule has 126 valence electrons. The van der Waals surface area contributed by atoms with Gasteiger partial charge in [0.1, 0.15) is 0 Å². The zero-order valence-corrected chi connectivity index (χ0v) is 14.4. The van der Waals surface area contributed by atoms with Crippen LogP contribution in [-0.4, -0.2) is 46.2 Å². The van der Waals surface area contributed by atoms with E-state index in [0.29, 0.717) is 6.61 Å². The van der Waals surface area contributed by atoms with Crippen molar-refractivity contribution in [1.29, 1.82) is 0 Å². The van der Waals surface area contributed by atoms with Gasteiger partial charge in [0.15, 0.2) is 0 Å². The zero-order chi connectivity index (χ0) is 16.6. The minimum Gasteiger partial charge on any atom is -0.394 e. The molecule has 0 heterocycles. The van der Waals surface area contributed by atoms with E-state index in [1.54, 1.807) is 0 Å². The first kappa shape index (κ1) is 19.1. The van der Waals surface area contributed by atoms with Crippen LogP contribution in [0.15, 0.2) is 30.3 Å². The first-order valence-electron chi connectivity index (χ1n) is 8.14. The van der Waals surface area contributed by atoms with E-state index in [-0.39, 0.29) is 13.2 Å². The van der Waals surface area contributed by atoms with Crippen molar-refractivity contribution in [1.82, 2.24) is 5.06 Å². The summed E-state index contributed by atoms with van der Waals surface area (Å²) >= 11 is 0. The number of hydrogen-bond acceptors (Lipinski definition) is 4. The molecule has 0 aliphatic carbocycles. The number of benzene rings is 1. The molecule has 0 saturated heterocycles. The number of rotatable bonds is 10. The Hall–Kier alpha value is -0.940. The van der Waals surface area contributed by atoms with Gasteiger partial charge in [-0.3, -0.25) is 4.84 Å². The van der Waals surface area contributed by atoms with E-state index >= 15 is 0 Å². The van der Waals surface area contributed by atoms with Gasteiger partial charge in [-0.25, -0.2) is 0 Å². The van der Waals surface area contributed by atoms with E-state index in [2.05, 4.69) is 12.1 Å². The predicted octanol–water partition coefficient (Wildman–Crippen LogP) is 2.78. The lowest BCUT2D eigenvalue weighted by molar-refractivity contribution is -0.287. The lowest BCUT2D eigenvalue weighted by Crippen LogP contribution is -2.61. The highest BCUT2D eigenvalue weighted by Crippen LogP contribution is 2.31. The molecule has 4 heteroatoms. The highest BCUT2D eigenvalue weighted by molar-refractivity contribution is 5.14. The third kappa shape index (κ3) is 4.53. The monoisotopic (exact) mass is 309 g/mol. The fraction of sp³-hybridized carbons (Fsp3) is 0.667. The molecule has 0 aliphatic rings. The molecule has 0 bridgehead atoms. The summed E-state index contributed by atoms with van der Waals surface area (Å²) in [7, 11) is 0. The molecule has 0 radical (unpaired) electrons. The fourth-order valence-corrected chi connectivity index (χ4v) is 2.74. The average molecular weight is 309 g/mol. The summed E-state index contributed by atoms with van der Waals surface area (Å²) < 4.78 is 0. The maximum Gasteiger partial charge on any atom is 0.0726 e. The van der Waals surface area contributed by atoms with Gasteiger partial charge in [0.25, 0.3) is 0 Å². The van der Waals surface area contributed by atoms with Crippen molar-refractivity contribution in [3.63, 3.8) is 0 Å². The van der Waals surface area contributed by atoms with E-state index in [1.165, 1.54) is 5.56 Å². The normalized spacial score (nSPS) is 12.9. The number of hydroxylamine groups is 2. The number of aliphatic hydroxyl groups excluding tert-OH is 2. The summed E-state index contributed by atoms with van der Waals surface area (Å²) in [6, 6.07) is 10.2. The molecule has 1 aromatic carbocycles. The molecule has 4 nitrogen and oxygen atoms in total. The van der Waals surface area contributed by atoms with Crippen LogP contribution >= 0.6 is 0 Å². The van der Waals surface area contributed by atoms with Crippen molar-refractivity contribution in [2.24, 2.45) is 0 Å². The van der Waals surface area contributed by atoms with Gasteiger partial charge in [-0.2, -0.15) is 5.06 Å². The van der Waals surface area contributed by atoms with Crippen molar-refractivity contribution in [2.45, 2.75) is 58.0 Å². The molecule has 2 N–H and O–H groups in total. The van der Waals surface area contributed by atoms with Crippen LogP contribution in [0.2, 0.25) is 0 Å². The van der Waals surface area contributed by atoms with Crippen LogP contribution < -0.4 is 0 Å². The minimum atomic E-state index is -0.550. The molecule has 1 rings (SSSR count). The standard InChI is InChI=1S/C18H31NO3/c1-5-18(6-2,15-21)19(17(3,4)14-20)22-13-12-16-10-8-7-9-11-16/h7-11,20-21H,5-6,12-15H2,1-4H3. The first-order chi connectivity index (χ1) is 10.5. The van der Waals surface area contributed by atoms with E-state index in [9.17, 15) is 10.2 Å². The average Bonchev–Trinajstić information content (AvgIpc) is 2.56. The van der Waals surface area contributed by atoms with Crippen molar-refractivity contribution in [2.75, 3.05) is 19.8 Å².